The highest BCUT2D eigenvalue weighted by molar-refractivity contribution is 7.90. The Balaban J connectivity index is 1.13. The van der Waals surface area contributed by atoms with Gasteiger partial charge in [0.1, 0.15) is 0 Å². The zero-order valence-corrected chi connectivity index (χ0v) is 18.7. The number of rotatable bonds is 4. The summed E-state index contributed by atoms with van der Waals surface area (Å²) < 4.78 is 23.3. The molecule has 2 saturated carbocycles. The number of hydrogen-bond acceptors (Lipinski definition) is 5. The van der Waals surface area contributed by atoms with Gasteiger partial charge < -0.3 is 9.80 Å². The van der Waals surface area contributed by atoms with Gasteiger partial charge in [-0.3, -0.25) is 9.69 Å². The number of benzene rings is 1. The molecule has 1 amide bonds. The molecule has 164 valence electrons. The van der Waals surface area contributed by atoms with E-state index < -0.39 is 9.84 Å². The van der Waals surface area contributed by atoms with Crippen molar-refractivity contribution < 1.29 is 13.2 Å². The van der Waals surface area contributed by atoms with Crippen molar-refractivity contribution in [3.63, 3.8) is 0 Å². The van der Waals surface area contributed by atoms with Crippen LogP contribution in [0.4, 0.5) is 5.69 Å². The predicted molar refractivity (Wildman–Crippen MR) is 117 cm³/mol. The number of carbonyl (C=O) groups excluding carboxylic acids is 1. The van der Waals surface area contributed by atoms with Crippen molar-refractivity contribution in [2.75, 3.05) is 50.4 Å². The summed E-state index contributed by atoms with van der Waals surface area (Å²) in [5.74, 6) is 0.622. The van der Waals surface area contributed by atoms with E-state index in [9.17, 15) is 13.2 Å². The molecule has 1 atom stereocenters. The first kappa shape index (κ1) is 20.3. The summed E-state index contributed by atoms with van der Waals surface area (Å²) in [6, 6.07) is 7.99. The maximum Gasteiger partial charge on any atom is 0.226 e. The Morgan fingerprint density at radius 2 is 1.60 bits per heavy atom. The van der Waals surface area contributed by atoms with E-state index in [0.29, 0.717) is 10.8 Å². The number of carbonyl (C=O) groups is 1. The van der Waals surface area contributed by atoms with Gasteiger partial charge in [0.05, 0.1) is 4.90 Å². The van der Waals surface area contributed by atoms with Crippen LogP contribution in [-0.4, -0.2) is 75.7 Å². The van der Waals surface area contributed by atoms with Crippen LogP contribution in [0.2, 0.25) is 0 Å². The quantitative estimate of drug-likeness (QED) is 0.733. The Morgan fingerprint density at radius 1 is 0.967 bits per heavy atom. The molecule has 4 aliphatic rings. The normalized spacial score (nSPS) is 27.2. The van der Waals surface area contributed by atoms with Gasteiger partial charge in [0.15, 0.2) is 9.84 Å². The molecule has 1 unspecified atom stereocenters. The van der Waals surface area contributed by atoms with Crippen LogP contribution in [0.15, 0.2) is 29.2 Å². The van der Waals surface area contributed by atoms with Crippen molar-refractivity contribution in [3.8, 4) is 0 Å². The third-order valence-corrected chi connectivity index (χ3v) is 9.22. The minimum Gasteiger partial charge on any atom is -0.371 e. The van der Waals surface area contributed by atoms with Crippen LogP contribution in [0.5, 0.6) is 0 Å². The molecule has 1 aromatic rings. The molecule has 5 rings (SSSR count). The van der Waals surface area contributed by atoms with E-state index in [4.69, 9.17) is 0 Å². The summed E-state index contributed by atoms with van der Waals surface area (Å²) >= 11 is 0. The SMILES string of the molecule is CS(=O)(=O)c1ccc(N2CCC3(CC2)CC3C(=O)N2CCN(C3CCC3)CC2)cc1. The molecule has 0 N–H and O–H groups in total. The Kier molecular flexibility index (Phi) is 5.09. The van der Waals surface area contributed by atoms with E-state index in [1.807, 2.05) is 12.1 Å². The van der Waals surface area contributed by atoms with Gasteiger partial charge in [-0.05, 0) is 61.8 Å². The summed E-state index contributed by atoms with van der Waals surface area (Å²) in [6.45, 7) is 5.79. The first-order valence-corrected chi connectivity index (χ1v) is 13.3. The molecule has 2 saturated heterocycles. The second-order valence-corrected chi connectivity index (χ2v) is 11.8. The summed E-state index contributed by atoms with van der Waals surface area (Å²) in [5.41, 5.74) is 1.29. The van der Waals surface area contributed by atoms with E-state index in [0.717, 1.165) is 70.3 Å². The van der Waals surface area contributed by atoms with Crippen molar-refractivity contribution >= 4 is 21.4 Å². The maximum absolute atomic E-state index is 13.1. The maximum atomic E-state index is 13.1. The highest BCUT2D eigenvalue weighted by atomic mass is 32.2. The lowest BCUT2D eigenvalue weighted by Gasteiger charge is -2.43. The number of amides is 1. The van der Waals surface area contributed by atoms with Crippen molar-refractivity contribution in [1.82, 2.24) is 9.80 Å². The summed E-state index contributed by atoms with van der Waals surface area (Å²) in [4.78, 5) is 20.5. The Morgan fingerprint density at radius 3 is 2.13 bits per heavy atom. The van der Waals surface area contributed by atoms with E-state index in [2.05, 4.69) is 14.7 Å². The minimum atomic E-state index is -3.16. The molecule has 0 radical (unpaired) electrons. The third kappa shape index (κ3) is 3.75. The number of piperidine rings is 1. The molecule has 2 aliphatic heterocycles. The largest absolute Gasteiger partial charge is 0.371 e. The first-order chi connectivity index (χ1) is 14.4. The number of nitrogens with zero attached hydrogens (tertiary/aromatic N) is 3. The van der Waals surface area contributed by atoms with Gasteiger partial charge in [-0.2, -0.15) is 0 Å². The molecule has 30 heavy (non-hydrogen) atoms. The van der Waals surface area contributed by atoms with Gasteiger partial charge in [0.2, 0.25) is 5.91 Å². The summed E-state index contributed by atoms with van der Waals surface area (Å²) in [7, 11) is -3.16. The Labute approximate surface area is 180 Å². The van der Waals surface area contributed by atoms with Gasteiger partial charge in [0, 0.05) is 63.2 Å². The molecule has 2 aliphatic carbocycles. The highest BCUT2D eigenvalue weighted by Gasteiger charge is 2.59. The summed E-state index contributed by atoms with van der Waals surface area (Å²) in [5, 5.41) is 0. The fourth-order valence-corrected chi connectivity index (χ4v) is 6.27. The van der Waals surface area contributed by atoms with E-state index >= 15 is 0 Å². The minimum absolute atomic E-state index is 0.214. The predicted octanol–water partition coefficient (Wildman–Crippen LogP) is 2.39. The lowest BCUT2D eigenvalue weighted by atomic mass is 9.89. The lowest BCUT2D eigenvalue weighted by molar-refractivity contribution is -0.136. The fraction of sp³-hybridized carbons (Fsp3) is 0.696. The Hall–Kier alpha value is -1.60. The van der Waals surface area contributed by atoms with Crippen LogP contribution in [0.3, 0.4) is 0 Å². The zero-order valence-electron chi connectivity index (χ0n) is 17.9. The molecule has 2 heterocycles. The summed E-state index contributed by atoms with van der Waals surface area (Å²) in [6.07, 6.45) is 8.45. The third-order valence-electron chi connectivity index (χ3n) is 8.09. The van der Waals surface area contributed by atoms with Crippen LogP contribution in [-0.2, 0) is 14.6 Å². The van der Waals surface area contributed by atoms with Crippen molar-refractivity contribution in [2.24, 2.45) is 11.3 Å². The lowest BCUT2D eigenvalue weighted by Crippen LogP contribution is -2.54. The Bertz CT molecular complexity index is 894. The molecule has 0 aromatic heterocycles. The first-order valence-electron chi connectivity index (χ1n) is 11.4. The monoisotopic (exact) mass is 431 g/mol. The number of anilines is 1. The second kappa shape index (κ2) is 7.52. The molecular weight excluding hydrogens is 398 g/mol. The molecule has 0 bridgehead atoms. The van der Waals surface area contributed by atoms with Crippen LogP contribution < -0.4 is 4.90 Å². The van der Waals surface area contributed by atoms with Crippen LogP contribution in [0.1, 0.15) is 38.5 Å². The highest BCUT2D eigenvalue weighted by Crippen LogP contribution is 2.60. The average Bonchev–Trinajstić information content (AvgIpc) is 3.40. The van der Waals surface area contributed by atoms with Gasteiger partial charge >= 0.3 is 0 Å². The molecule has 7 heteroatoms. The van der Waals surface area contributed by atoms with Gasteiger partial charge in [0.25, 0.3) is 0 Å². The van der Waals surface area contributed by atoms with Crippen LogP contribution in [0.25, 0.3) is 0 Å². The number of hydrogen-bond donors (Lipinski definition) is 0. The van der Waals surface area contributed by atoms with Crippen LogP contribution in [0, 0.1) is 11.3 Å². The molecule has 6 nitrogen and oxygen atoms in total. The topological polar surface area (TPSA) is 60.9 Å². The van der Waals surface area contributed by atoms with Crippen molar-refractivity contribution in [1.29, 1.82) is 0 Å². The number of piperazine rings is 1. The smallest absolute Gasteiger partial charge is 0.226 e. The zero-order chi connectivity index (χ0) is 20.9. The molecule has 1 spiro atoms. The molecular formula is C23H33N3O3S. The molecule has 4 fully saturated rings. The fourth-order valence-electron chi connectivity index (χ4n) is 5.64. The molecule has 1 aromatic carbocycles. The van der Waals surface area contributed by atoms with Crippen LogP contribution >= 0.6 is 0 Å². The second-order valence-electron chi connectivity index (χ2n) is 9.82. The van der Waals surface area contributed by atoms with E-state index in [1.54, 1.807) is 12.1 Å². The van der Waals surface area contributed by atoms with Gasteiger partial charge in [-0.1, -0.05) is 6.42 Å². The standard InChI is InChI=1S/C23H33N3O3S/c1-30(28,29)20-7-5-19(6-8-20)24-11-9-23(10-12-24)17-21(23)22(27)26-15-13-25(14-16-26)18-3-2-4-18/h5-8,18,21H,2-4,9-17H2,1H3. The number of sulfone groups is 1. The average molecular weight is 432 g/mol. The van der Waals surface area contributed by atoms with Gasteiger partial charge in [-0.15, -0.1) is 0 Å². The van der Waals surface area contributed by atoms with E-state index in [-0.39, 0.29) is 11.3 Å². The van der Waals surface area contributed by atoms with Gasteiger partial charge in [-0.25, -0.2) is 8.42 Å². The van der Waals surface area contributed by atoms with Crippen molar-refractivity contribution in [3.05, 3.63) is 24.3 Å². The van der Waals surface area contributed by atoms with Crippen molar-refractivity contribution in [2.45, 2.75) is 49.5 Å². The van der Waals surface area contributed by atoms with E-state index in [1.165, 1.54) is 25.5 Å².